The minimum Gasteiger partial charge on any atom is -0.342 e. The van der Waals surface area contributed by atoms with Gasteiger partial charge in [-0.25, -0.2) is 4.98 Å². The summed E-state index contributed by atoms with van der Waals surface area (Å²) in [5.41, 5.74) is 5.89. The summed E-state index contributed by atoms with van der Waals surface area (Å²) >= 11 is 1.45. The summed E-state index contributed by atoms with van der Waals surface area (Å²) in [7, 11) is 0. The molecule has 3 heterocycles. The van der Waals surface area contributed by atoms with Gasteiger partial charge in [0.1, 0.15) is 4.83 Å². The van der Waals surface area contributed by atoms with E-state index in [2.05, 4.69) is 4.98 Å². The van der Waals surface area contributed by atoms with E-state index in [1.54, 1.807) is 6.07 Å². The van der Waals surface area contributed by atoms with Gasteiger partial charge in [0.05, 0.1) is 11.7 Å². The Morgan fingerprint density at radius 1 is 1.54 bits per heavy atom. The highest BCUT2D eigenvalue weighted by Crippen LogP contribution is 2.19. The van der Waals surface area contributed by atoms with Crippen LogP contribution in [0.1, 0.15) is 26.2 Å². The lowest BCUT2D eigenvalue weighted by atomic mass is 9.92. The number of rotatable bonds is 4. The molecule has 3 rings (SSSR count). The van der Waals surface area contributed by atoms with Crippen LogP contribution in [0.15, 0.2) is 22.6 Å². The van der Waals surface area contributed by atoms with Gasteiger partial charge in [-0.1, -0.05) is 0 Å². The predicted octanol–water partition coefficient (Wildman–Crippen LogP) is 1.86. The summed E-state index contributed by atoms with van der Waals surface area (Å²) in [5.74, 6) is 0.465. The van der Waals surface area contributed by atoms with Crippen molar-refractivity contribution < 1.29 is 4.79 Å². The molecule has 2 N–H and O–H groups in total. The van der Waals surface area contributed by atoms with Gasteiger partial charge in [-0.15, -0.1) is 23.7 Å². The standard InChI is InChI=1S/C16H22N4O2S.ClH/c1-11(17)12-3-2-6-19(9-12)14(21)4-7-20-10-18-15-13(16(20)22)5-8-23-15;/h5,8,10-12H,2-4,6-7,9,17H2,1H3;1H. The number of amides is 1. The topological polar surface area (TPSA) is 81.2 Å². The SMILES string of the molecule is CC(N)C1CCCN(C(=O)CCn2cnc3sccc3c2=O)C1.Cl. The van der Waals surface area contributed by atoms with Gasteiger partial charge in [-0.05, 0) is 37.1 Å². The number of hydrogen-bond acceptors (Lipinski definition) is 5. The average molecular weight is 371 g/mol. The summed E-state index contributed by atoms with van der Waals surface area (Å²) in [6.45, 7) is 3.89. The Morgan fingerprint density at radius 3 is 3.08 bits per heavy atom. The quantitative estimate of drug-likeness (QED) is 0.890. The number of aromatic nitrogens is 2. The number of nitrogens with two attached hydrogens (primary N) is 1. The number of halogens is 1. The van der Waals surface area contributed by atoms with Gasteiger partial charge >= 0.3 is 0 Å². The molecule has 1 aliphatic heterocycles. The van der Waals surface area contributed by atoms with Crippen LogP contribution >= 0.6 is 23.7 Å². The van der Waals surface area contributed by atoms with E-state index in [1.807, 2.05) is 17.2 Å². The number of nitrogens with zero attached hydrogens (tertiary/aromatic N) is 3. The molecule has 2 aromatic heterocycles. The van der Waals surface area contributed by atoms with Crippen molar-refractivity contribution in [3.8, 4) is 0 Å². The highest BCUT2D eigenvalue weighted by Gasteiger charge is 2.25. The maximum absolute atomic E-state index is 12.4. The molecule has 8 heteroatoms. The van der Waals surface area contributed by atoms with E-state index in [0.29, 0.717) is 24.3 Å². The molecule has 0 bridgehead atoms. The van der Waals surface area contributed by atoms with E-state index >= 15 is 0 Å². The maximum Gasteiger partial charge on any atom is 0.262 e. The molecular weight excluding hydrogens is 348 g/mol. The molecule has 132 valence electrons. The first-order valence-electron chi connectivity index (χ1n) is 8.02. The highest BCUT2D eigenvalue weighted by atomic mass is 35.5. The van der Waals surface area contributed by atoms with Gasteiger partial charge in [0.15, 0.2) is 0 Å². The molecule has 2 atom stereocenters. The summed E-state index contributed by atoms with van der Waals surface area (Å²) in [6.07, 6.45) is 3.94. The van der Waals surface area contributed by atoms with Crippen LogP contribution in [0.5, 0.6) is 0 Å². The first-order chi connectivity index (χ1) is 11.1. The second-order valence-electron chi connectivity index (χ2n) is 6.23. The lowest BCUT2D eigenvalue weighted by Gasteiger charge is -2.34. The molecule has 1 aliphatic rings. The summed E-state index contributed by atoms with van der Waals surface area (Å²) in [5, 5.41) is 2.48. The van der Waals surface area contributed by atoms with Crippen molar-refractivity contribution in [2.45, 2.75) is 38.8 Å². The van der Waals surface area contributed by atoms with Crippen molar-refractivity contribution in [1.82, 2.24) is 14.5 Å². The van der Waals surface area contributed by atoms with Crippen molar-refractivity contribution in [3.05, 3.63) is 28.1 Å². The lowest BCUT2D eigenvalue weighted by molar-refractivity contribution is -0.133. The molecule has 0 saturated carbocycles. The number of hydrogen-bond donors (Lipinski definition) is 1. The molecule has 1 saturated heterocycles. The molecule has 0 aromatic carbocycles. The van der Waals surface area contributed by atoms with Crippen LogP contribution in [0.2, 0.25) is 0 Å². The second-order valence-corrected chi connectivity index (χ2v) is 7.13. The smallest absolute Gasteiger partial charge is 0.262 e. The van der Waals surface area contributed by atoms with Crippen LogP contribution in [0, 0.1) is 5.92 Å². The predicted molar refractivity (Wildman–Crippen MR) is 98.7 cm³/mol. The fourth-order valence-corrected chi connectivity index (χ4v) is 3.82. The summed E-state index contributed by atoms with van der Waals surface area (Å²) in [6, 6.07) is 1.89. The van der Waals surface area contributed by atoms with Crippen molar-refractivity contribution in [3.63, 3.8) is 0 Å². The molecule has 24 heavy (non-hydrogen) atoms. The maximum atomic E-state index is 12.4. The highest BCUT2D eigenvalue weighted by molar-refractivity contribution is 7.16. The molecule has 0 aliphatic carbocycles. The number of thiophene rings is 1. The monoisotopic (exact) mass is 370 g/mol. The molecule has 1 fully saturated rings. The zero-order valence-electron chi connectivity index (χ0n) is 13.7. The van der Waals surface area contributed by atoms with E-state index in [4.69, 9.17) is 5.73 Å². The largest absolute Gasteiger partial charge is 0.342 e. The van der Waals surface area contributed by atoms with Crippen LogP contribution < -0.4 is 11.3 Å². The first-order valence-corrected chi connectivity index (χ1v) is 8.90. The van der Waals surface area contributed by atoms with Crippen LogP contribution in [0.4, 0.5) is 0 Å². The van der Waals surface area contributed by atoms with Gasteiger partial charge < -0.3 is 10.6 Å². The number of carbonyl (C=O) groups excluding carboxylic acids is 1. The number of aryl methyl sites for hydroxylation is 1. The van der Waals surface area contributed by atoms with Crippen molar-refractivity contribution in [2.24, 2.45) is 11.7 Å². The van der Waals surface area contributed by atoms with Crippen LogP contribution in [0.25, 0.3) is 10.2 Å². The Bertz CT molecular complexity index is 758. The normalized spacial score (nSPS) is 19.1. The van der Waals surface area contributed by atoms with Gasteiger partial charge in [-0.3, -0.25) is 14.2 Å². The zero-order chi connectivity index (χ0) is 16.4. The Morgan fingerprint density at radius 2 is 2.33 bits per heavy atom. The zero-order valence-corrected chi connectivity index (χ0v) is 15.3. The van der Waals surface area contributed by atoms with Crippen molar-refractivity contribution in [1.29, 1.82) is 0 Å². The fraction of sp³-hybridized carbons (Fsp3) is 0.562. The summed E-state index contributed by atoms with van der Waals surface area (Å²) in [4.78, 5) is 31.6. The Hall–Kier alpha value is -1.44. The number of fused-ring (bicyclic) bond motifs is 1. The van der Waals surface area contributed by atoms with E-state index in [0.717, 1.165) is 30.8 Å². The molecule has 2 unspecified atom stereocenters. The molecule has 0 radical (unpaired) electrons. The van der Waals surface area contributed by atoms with Gasteiger partial charge in [-0.2, -0.15) is 0 Å². The van der Waals surface area contributed by atoms with Crippen LogP contribution in [0.3, 0.4) is 0 Å². The molecule has 6 nitrogen and oxygen atoms in total. The average Bonchev–Trinajstić information content (AvgIpc) is 3.03. The fourth-order valence-electron chi connectivity index (χ4n) is 3.09. The van der Waals surface area contributed by atoms with Crippen LogP contribution in [-0.2, 0) is 11.3 Å². The minimum atomic E-state index is -0.0730. The first kappa shape index (κ1) is 18.9. The van der Waals surface area contributed by atoms with Gasteiger partial charge in [0, 0.05) is 32.1 Å². The summed E-state index contributed by atoms with van der Waals surface area (Å²) < 4.78 is 1.53. The molecule has 2 aromatic rings. The second kappa shape index (κ2) is 8.09. The Balaban J connectivity index is 0.00000208. The Kier molecular flexibility index (Phi) is 6.37. The van der Waals surface area contributed by atoms with Crippen molar-refractivity contribution >= 4 is 39.9 Å². The molecule has 1 amide bonds. The van der Waals surface area contributed by atoms with E-state index < -0.39 is 0 Å². The van der Waals surface area contributed by atoms with Crippen molar-refractivity contribution in [2.75, 3.05) is 13.1 Å². The van der Waals surface area contributed by atoms with Crippen LogP contribution in [-0.4, -0.2) is 39.5 Å². The lowest BCUT2D eigenvalue weighted by Crippen LogP contribution is -2.45. The molecule has 0 spiro atoms. The Labute approximate surface area is 151 Å². The van der Waals surface area contributed by atoms with E-state index in [-0.39, 0.29) is 29.9 Å². The van der Waals surface area contributed by atoms with E-state index in [9.17, 15) is 9.59 Å². The molecular formula is C16H23ClN4O2S. The number of piperidine rings is 1. The van der Waals surface area contributed by atoms with E-state index in [1.165, 1.54) is 22.2 Å². The van der Waals surface area contributed by atoms with Gasteiger partial charge in [0.2, 0.25) is 5.91 Å². The third-order valence-electron chi connectivity index (χ3n) is 4.57. The third kappa shape index (κ3) is 3.96. The minimum absolute atomic E-state index is 0. The number of likely N-dealkylation sites (tertiary alicyclic amines) is 1. The van der Waals surface area contributed by atoms with Gasteiger partial charge in [0.25, 0.3) is 5.56 Å². The number of carbonyl (C=O) groups is 1. The third-order valence-corrected chi connectivity index (χ3v) is 5.39.